The Balaban J connectivity index is 1.78. The number of halogens is 2. The number of carbonyl (C=O) groups excluding carboxylic acids is 1. The number of amides is 1. The average molecular weight is 469 g/mol. The molecule has 0 radical (unpaired) electrons. The second kappa shape index (κ2) is 8.36. The number of hydrogen-bond acceptors (Lipinski definition) is 5. The molecule has 0 aliphatic carbocycles. The molecule has 1 fully saturated rings. The van der Waals surface area contributed by atoms with E-state index in [4.69, 9.17) is 16.3 Å². The third kappa shape index (κ3) is 4.07. The lowest BCUT2D eigenvalue weighted by Crippen LogP contribution is -2.49. The second-order valence-corrected chi connectivity index (χ2v) is 7.83. The quantitative estimate of drug-likeness (QED) is 0.494. The van der Waals surface area contributed by atoms with E-state index in [0.29, 0.717) is 48.2 Å². The third-order valence-electron chi connectivity index (χ3n) is 4.72. The molecule has 7 nitrogen and oxygen atoms in total. The number of aryl methyl sites for hydroxylation is 1. The molecule has 1 heterocycles. The van der Waals surface area contributed by atoms with Gasteiger partial charge in [-0.25, -0.2) is 0 Å². The van der Waals surface area contributed by atoms with Crippen molar-refractivity contribution in [3.05, 3.63) is 61.1 Å². The van der Waals surface area contributed by atoms with Gasteiger partial charge < -0.3 is 14.5 Å². The van der Waals surface area contributed by atoms with Gasteiger partial charge in [0.2, 0.25) is 0 Å². The van der Waals surface area contributed by atoms with Gasteiger partial charge in [-0.15, -0.1) is 0 Å². The fraction of sp³-hybridized carbons (Fsp3) is 0.316. The summed E-state index contributed by atoms with van der Waals surface area (Å²) in [6.07, 6.45) is 0. The highest BCUT2D eigenvalue weighted by atomic mass is 79.9. The minimum Gasteiger partial charge on any atom is -0.496 e. The fourth-order valence-electron chi connectivity index (χ4n) is 3.39. The Hall–Kier alpha value is -2.32. The van der Waals surface area contributed by atoms with Gasteiger partial charge in [0.25, 0.3) is 11.6 Å². The highest BCUT2D eigenvalue weighted by Gasteiger charge is 2.28. The molecule has 0 N–H and O–H groups in total. The van der Waals surface area contributed by atoms with Crippen LogP contribution in [0, 0.1) is 17.0 Å². The number of piperazine rings is 1. The lowest BCUT2D eigenvalue weighted by Gasteiger charge is -2.36. The molecule has 1 amide bonds. The molecular weight excluding hydrogens is 450 g/mol. The summed E-state index contributed by atoms with van der Waals surface area (Å²) in [5, 5.41) is 11.7. The number of nitrogens with zero attached hydrogens (tertiary/aromatic N) is 3. The van der Waals surface area contributed by atoms with Crippen molar-refractivity contribution in [2.24, 2.45) is 0 Å². The Bertz CT molecular complexity index is 930. The van der Waals surface area contributed by atoms with Crippen molar-refractivity contribution in [1.29, 1.82) is 0 Å². The van der Waals surface area contributed by atoms with Crippen molar-refractivity contribution in [1.82, 2.24) is 4.90 Å². The number of anilines is 1. The maximum absolute atomic E-state index is 13.0. The summed E-state index contributed by atoms with van der Waals surface area (Å²) < 4.78 is 6.23. The summed E-state index contributed by atoms with van der Waals surface area (Å²) in [4.78, 5) is 27.6. The van der Waals surface area contributed by atoms with Crippen LogP contribution in [0.4, 0.5) is 11.4 Å². The maximum Gasteiger partial charge on any atom is 0.294 e. The Morgan fingerprint density at radius 1 is 1.21 bits per heavy atom. The second-order valence-electron chi connectivity index (χ2n) is 6.47. The molecule has 1 aliphatic rings. The van der Waals surface area contributed by atoms with E-state index < -0.39 is 4.92 Å². The highest BCUT2D eigenvalue weighted by molar-refractivity contribution is 9.10. The van der Waals surface area contributed by atoms with Crippen LogP contribution in [0.25, 0.3) is 0 Å². The number of nitro benzene ring substituents is 1. The van der Waals surface area contributed by atoms with Crippen LogP contribution in [0.15, 0.2) is 34.8 Å². The van der Waals surface area contributed by atoms with Crippen LogP contribution in [-0.2, 0) is 0 Å². The molecule has 0 aromatic heterocycles. The first-order chi connectivity index (χ1) is 13.3. The summed E-state index contributed by atoms with van der Waals surface area (Å²) >= 11 is 9.32. The fourth-order valence-corrected chi connectivity index (χ4v) is 4.13. The molecule has 9 heteroatoms. The molecule has 2 aromatic rings. The molecule has 0 saturated carbocycles. The normalized spacial score (nSPS) is 14.1. The molecule has 1 saturated heterocycles. The van der Waals surface area contributed by atoms with E-state index in [1.165, 1.54) is 6.07 Å². The molecule has 2 aromatic carbocycles. The van der Waals surface area contributed by atoms with Crippen LogP contribution in [0.5, 0.6) is 5.75 Å². The molecule has 0 unspecified atom stereocenters. The number of carbonyl (C=O) groups is 1. The van der Waals surface area contributed by atoms with Gasteiger partial charge in [0.15, 0.2) is 0 Å². The van der Waals surface area contributed by atoms with Crippen LogP contribution < -0.4 is 9.64 Å². The number of ether oxygens (including phenoxy) is 1. The molecule has 1 aliphatic heterocycles. The van der Waals surface area contributed by atoms with Gasteiger partial charge in [0, 0.05) is 41.7 Å². The van der Waals surface area contributed by atoms with Crippen molar-refractivity contribution < 1.29 is 14.5 Å². The van der Waals surface area contributed by atoms with Gasteiger partial charge >= 0.3 is 0 Å². The van der Waals surface area contributed by atoms with E-state index in [9.17, 15) is 14.9 Å². The SMILES string of the molecule is COc1c(C)cc(Br)cc1C(=O)N1CCN(c2ccc(Cl)cc2[N+](=O)[O-])CC1. The minimum absolute atomic E-state index is 0.0310. The Kier molecular flexibility index (Phi) is 6.10. The van der Waals surface area contributed by atoms with Gasteiger partial charge in [0.1, 0.15) is 11.4 Å². The molecule has 0 spiro atoms. The van der Waals surface area contributed by atoms with Crippen LogP contribution >= 0.6 is 27.5 Å². The zero-order chi connectivity index (χ0) is 20.4. The average Bonchev–Trinajstić information content (AvgIpc) is 2.67. The molecular formula is C19H19BrClN3O4. The van der Waals surface area contributed by atoms with E-state index in [1.54, 1.807) is 30.2 Å². The Labute approximate surface area is 176 Å². The van der Waals surface area contributed by atoms with E-state index in [-0.39, 0.29) is 11.6 Å². The van der Waals surface area contributed by atoms with Gasteiger partial charge in [-0.05, 0) is 36.8 Å². The first-order valence-electron chi connectivity index (χ1n) is 8.64. The van der Waals surface area contributed by atoms with E-state index in [2.05, 4.69) is 15.9 Å². The largest absolute Gasteiger partial charge is 0.496 e. The van der Waals surface area contributed by atoms with E-state index in [1.807, 2.05) is 17.9 Å². The van der Waals surface area contributed by atoms with Crippen molar-refractivity contribution in [2.45, 2.75) is 6.92 Å². The number of rotatable bonds is 4. The lowest BCUT2D eigenvalue weighted by atomic mass is 10.1. The molecule has 0 atom stereocenters. The highest BCUT2D eigenvalue weighted by Crippen LogP contribution is 2.33. The topological polar surface area (TPSA) is 75.9 Å². The molecule has 0 bridgehead atoms. The summed E-state index contributed by atoms with van der Waals surface area (Å²) in [7, 11) is 1.55. The smallest absolute Gasteiger partial charge is 0.294 e. The van der Waals surface area contributed by atoms with Crippen molar-refractivity contribution in [3.63, 3.8) is 0 Å². The van der Waals surface area contributed by atoms with Crippen LogP contribution in [0.2, 0.25) is 5.02 Å². The number of hydrogen-bond donors (Lipinski definition) is 0. The minimum atomic E-state index is -0.437. The lowest BCUT2D eigenvalue weighted by molar-refractivity contribution is -0.384. The Morgan fingerprint density at radius 3 is 2.50 bits per heavy atom. The Morgan fingerprint density at radius 2 is 1.89 bits per heavy atom. The van der Waals surface area contributed by atoms with Crippen molar-refractivity contribution in [3.8, 4) is 5.75 Å². The first-order valence-corrected chi connectivity index (χ1v) is 9.81. The summed E-state index contributed by atoms with van der Waals surface area (Å²) in [5.74, 6) is 0.440. The molecule has 148 valence electrons. The van der Waals surface area contributed by atoms with Gasteiger partial charge in [-0.3, -0.25) is 14.9 Å². The summed E-state index contributed by atoms with van der Waals surface area (Å²) in [6, 6.07) is 8.29. The van der Waals surface area contributed by atoms with Crippen molar-refractivity contribution >= 4 is 44.8 Å². The maximum atomic E-state index is 13.0. The predicted molar refractivity (Wildman–Crippen MR) is 112 cm³/mol. The third-order valence-corrected chi connectivity index (χ3v) is 5.41. The monoisotopic (exact) mass is 467 g/mol. The zero-order valence-electron chi connectivity index (χ0n) is 15.4. The van der Waals surface area contributed by atoms with Crippen LogP contribution in [0.3, 0.4) is 0 Å². The van der Waals surface area contributed by atoms with E-state index in [0.717, 1.165) is 10.0 Å². The van der Waals surface area contributed by atoms with Gasteiger partial charge in [0.05, 0.1) is 17.6 Å². The van der Waals surface area contributed by atoms with Crippen LogP contribution in [-0.4, -0.2) is 49.0 Å². The van der Waals surface area contributed by atoms with E-state index >= 15 is 0 Å². The zero-order valence-corrected chi connectivity index (χ0v) is 17.8. The van der Waals surface area contributed by atoms with Crippen LogP contribution in [0.1, 0.15) is 15.9 Å². The standard InChI is InChI=1S/C19H19BrClN3O4/c1-12-9-13(20)10-15(18(12)28-2)19(25)23-7-5-22(6-8-23)16-4-3-14(21)11-17(16)24(26)27/h3-4,9-11H,5-8H2,1-2H3. The first kappa shape index (κ1) is 20.4. The number of nitro groups is 1. The number of methoxy groups -OCH3 is 1. The summed E-state index contributed by atoms with van der Waals surface area (Å²) in [5.41, 5.74) is 1.85. The predicted octanol–water partition coefficient (Wildman–Crippen LogP) is 4.29. The van der Waals surface area contributed by atoms with Gasteiger partial charge in [-0.1, -0.05) is 27.5 Å². The molecule has 28 heavy (non-hydrogen) atoms. The summed E-state index contributed by atoms with van der Waals surface area (Å²) in [6.45, 7) is 3.77. The molecule has 3 rings (SSSR count). The van der Waals surface area contributed by atoms with Gasteiger partial charge in [-0.2, -0.15) is 0 Å². The van der Waals surface area contributed by atoms with Crippen molar-refractivity contribution in [2.75, 3.05) is 38.2 Å². The number of benzene rings is 2.